The molecule has 0 spiro atoms. The average Bonchev–Trinajstić information content (AvgIpc) is 2.60. The van der Waals surface area contributed by atoms with Gasteiger partial charge in [0.05, 0.1) is 6.10 Å². The van der Waals surface area contributed by atoms with Crippen LogP contribution in [0.25, 0.3) is 0 Å². The van der Waals surface area contributed by atoms with Crippen molar-refractivity contribution in [2.45, 2.75) is 38.2 Å². The molecule has 0 radical (unpaired) electrons. The fraction of sp³-hybridized carbons (Fsp3) is 0.500. The zero-order valence-corrected chi connectivity index (χ0v) is 8.63. The highest BCUT2D eigenvalue weighted by atomic mass is 19.1. The van der Waals surface area contributed by atoms with E-state index in [9.17, 15) is 13.9 Å². The molecule has 0 bridgehead atoms. The monoisotopic (exact) mass is 212 g/mol. The summed E-state index contributed by atoms with van der Waals surface area (Å²) in [7, 11) is 0. The topological polar surface area (TPSA) is 20.2 Å². The molecule has 0 amide bonds. The van der Waals surface area contributed by atoms with E-state index in [1.165, 1.54) is 12.1 Å². The Kier molecular flexibility index (Phi) is 2.74. The zero-order chi connectivity index (χ0) is 11.0. The van der Waals surface area contributed by atoms with E-state index < -0.39 is 17.7 Å². The lowest BCUT2D eigenvalue weighted by molar-refractivity contribution is 0.160. The second-order valence-electron chi connectivity index (χ2n) is 4.20. The molecule has 0 aromatic heterocycles. The van der Waals surface area contributed by atoms with Crippen LogP contribution in [0.3, 0.4) is 0 Å². The van der Waals surface area contributed by atoms with Crippen molar-refractivity contribution in [3.8, 4) is 0 Å². The van der Waals surface area contributed by atoms with Crippen LogP contribution in [-0.2, 0) is 0 Å². The first-order valence-corrected chi connectivity index (χ1v) is 5.24. The SMILES string of the molecule is Cc1ccc(F)c(C2CCCC2O)c1F. The quantitative estimate of drug-likeness (QED) is 0.758. The van der Waals surface area contributed by atoms with Crippen LogP contribution in [0.5, 0.6) is 0 Å². The van der Waals surface area contributed by atoms with Crippen LogP contribution in [0.2, 0.25) is 0 Å². The van der Waals surface area contributed by atoms with Gasteiger partial charge in [-0.2, -0.15) is 0 Å². The van der Waals surface area contributed by atoms with Crippen molar-refractivity contribution in [2.24, 2.45) is 0 Å². The summed E-state index contributed by atoms with van der Waals surface area (Å²) in [5, 5.41) is 9.65. The lowest BCUT2D eigenvalue weighted by Crippen LogP contribution is -2.15. The minimum Gasteiger partial charge on any atom is -0.392 e. The minimum absolute atomic E-state index is 0.0694. The first kappa shape index (κ1) is 10.6. The molecule has 15 heavy (non-hydrogen) atoms. The highest BCUT2D eigenvalue weighted by Gasteiger charge is 2.31. The molecule has 1 aromatic carbocycles. The fourth-order valence-corrected chi connectivity index (χ4v) is 2.30. The van der Waals surface area contributed by atoms with Gasteiger partial charge in [-0.05, 0) is 31.4 Å². The number of benzene rings is 1. The molecule has 82 valence electrons. The summed E-state index contributed by atoms with van der Waals surface area (Å²) >= 11 is 0. The van der Waals surface area contributed by atoms with Crippen molar-refractivity contribution in [1.82, 2.24) is 0 Å². The van der Waals surface area contributed by atoms with Gasteiger partial charge in [0.15, 0.2) is 0 Å². The van der Waals surface area contributed by atoms with E-state index in [1.807, 2.05) is 0 Å². The van der Waals surface area contributed by atoms with Crippen molar-refractivity contribution >= 4 is 0 Å². The van der Waals surface area contributed by atoms with E-state index >= 15 is 0 Å². The van der Waals surface area contributed by atoms with E-state index in [0.29, 0.717) is 18.4 Å². The fourth-order valence-electron chi connectivity index (χ4n) is 2.30. The van der Waals surface area contributed by atoms with Crippen LogP contribution >= 0.6 is 0 Å². The first-order chi connectivity index (χ1) is 7.11. The predicted octanol–water partition coefficient (Wildman–Crippen LogP) is 2.90. The van der Waals surface area contributed by atoms with Crippen LogP contribution in [0.4, 0.5) is 8.78 Å². The molecule has 1 saturated carbocycles. The number of halogens is 2. The molecule has 1 aromatic rings. The lowest BCUT2D eigenvalue weighted by Gasteiger charge is -2.17. The largest absolute Gasteiger partial charge is 0.392 e. The van der Waals surface area contributed by atoms with E-state index in [0.717, 1.165) is 6.42 Å². The van der Waals surface area contributed by atoms with Crippen molar-refractivity contribution in [3.05, 3.63) is 34.9 Å². The number of rotatable bonds is 1. The highest BCUT2D eigenvalue weighted by Crippen LogP contribution is 2.37. The zero-order valence-electron chi connectivity index (χ0n) is 8.63. The molecule has 0 aliphatic heterocycles. The first-order valence-electron chi connectivity index (χ1n) is 5.24. The van der Waals surface area contributed by atoms with Crippen LogP contribution in [0.15, 0.2) is 12.1 Å². The molecule has 1 aliphatic carbocycles. The summed E-state index contributed by atoms with van der Waals surface area (Å²) in [5.74, 6) is -1.41. The summed E-state index contributed by atoms with van der Waals surface area (Å²) in [5.41, 5.74) is 0.505. The average molecular weight is 212 g/mol. The summed E-state index contributed by atoms with van der Waals surface area (Å²) in [6, 6.07) is 2.70. The van der Waals surface area contributed by atoms with Gasteiger partial charge in [-0.25, -0.2) is 8.78 Å². The van der Waals surface area contributed by atoms with Crippen LogP contribution in [0, 0.1) is 18.6 Å². The molecule has 1 fully saturated rings. The van der Waals surface area contributed by atoms with Crippen molar-refractivity contribution in [2.75, 3.05) is 0 Å². The Labute approximate surface area is 87.7 Å². The summed E-state index contributed by atoms with van der Waals surface area (Å²) < 4.78 is 27.2. The number of aryl methyl sites for hydroxylation is 1. The van der Waals surface area contributed by atoms with E-state index in [1.54, 1.807) is 6.92 Å². The summed E-state index contributed by atoms with van der Waals surface area (Å²) in [4.78, 5) is 0. The second-order valence-corrected chi connectivity index (χ2v) is 4.20. The second kappa shape index (κ2) is 3.89. The Hall–Kier alpha value is -0.960. The smallest absolute Gasteiger partial charge is 0.132 e. The summed E-state index contributed by atoms with van der Waals surface area (Å²) in [6.07, 6.45) is 1.53. The van der Waals surface area contributed by atoms with Crippen LogP contribution in [0.1, 0.15) is 36.3 Å². The van der Waals surface area contributed by atoms with Crippen molar-refractivity contribution in [3.63, 3.8) is 0 Å². The Balaban J connectivity index is 2.46. The van der Waals surface area contributed by atoms with Crippen molar-refractivity contribution in [1.29, 1.82) is 0 Å². The molecule has 3 heteroatoms. The summed E-state index contributed by atoms with van der Waals surface area (Å²) in [6.45, 7) is 1.61. The van der Waals surface area contributed by atoms with Crippen LogP contribution in [-0.4, -0.2) is 11.2 Å². The van der Waals surface area contributed by atoms with Gasteiger partial charge in [0.2, 0.25) is 0 Å². The molecule has 0 heterocycles. The third kappa shape index (κ3) is 1.76. The molecule has 2 unspecified atom stereocenters. The van der Waals surface area contributed by atoms with Gasteiger partial charge in [-0.3, -0.25) is 0 Å². The number of hydrogen-bond donors (Lipinski definition) is 1. The molecular formula is C12H14F2O. The molecule has 1 nitrogen and oxygen atoms in total. The van der Waals surface area contributed by atoms with E-state index in [4.69, 9.17) is 0 Å². The Morgan fingerprint density at radius 1 is 1.27 bits per heavy atom. The molecule has 2 atom stereocenters. The maximum absolute atomic E-state index is 13.7. The maximum Gasteiger partial charge on any atom is 0.132 e. The van der Waals surface area contributed by atoms with Gasteiger partial charge in [-0.1, -0.05) is 12.5 Å². The molecule has 2 rings (SSSR count). The van der Waals surface area contributed by atoms with E-state index in [-0.39, 0.29) is 11.5 Å². The molecular weight excluding hydrogens is 198 g/mol. The van der Waals surface area contributed by atoms with Gasteiger partial charge >= 0.3 is 0 Å². The Bertz CT molecular complexity index is 376. The predicted molar refractivity (Wildman–Crippen MR) is 53.7 cm³/mol. The number of hydrogen-bond acceptors (Lipinski definition) is 1. The number of aliphatic hydroxyl groups is 1. The van der Waals surface area contributed by atoms with E-state index in [2.05, 4.69) is 0 Å². The maximum atomic E-state index is 13.7. The Morgan fingerprint density at radius 3 is 2.60 bits per heavy atom. The molecule has 0 saturated heterocycles. The van der Waals surface area contributed by atoms with Gasteiger partial charge in [0, 0.05) is 11.5 Å². The van der Waals surface area contributed by atoms with Crippen molar-refractivity contribution < 1.29 is 13.9 Å². The highest BCUT2D eigenvalue weighted by molar-refractivity contribution is 5.31. The third-order valence-electron chi connectivity index (χ3n) is 3.17. The van der Waals surface area contributed by atoms with Crippen LogP contribution < -0.4 is 0 Å². The third-order valence-corrected chi connectivity index (χ3v) is 3.17. The number of aliphatic hydroxyl groups excluding tert-OH is 1. The molecule has 1 N–H and O–H groups in total. The lowest BCUT2D eigenvalue weighted by atomic mass is 9.93. The van der Waals surface area contributed by atoms with Gasteiger partial charge in [0.25, 0.3) is 0 Å². The van der Waals surface area contributed by atoms with Gasteiger partial charge in [0.1, 0.15) is 11.6 Å². The van der Waals surface area contributed by atoms with Gasteiger partial charge < -0.3 is 5.11 Å². The Morgan fingerprint density at radius 2 is 2.00 bits per heavy atom. The normalized spacial score (nSPS) is 25.9. The van der Waals surface area contributed by atoms with Gasteiger partial charge in [-0.15, -0.1) is 0 Å². The molecule has 1 aliphatic rings. The minimum atomic E-state index is -0.601. The standard InChI is InChI=1S/C12H14F2O/c1-7-5-6-9(13)11(12(7)14)8-3-2-4-10(8)15/h5-6,8,10,15H,2-4H2,1H3.